The fourth-order valence-electron chi connectivity index (χ4n) is 2.74. The predicted octanol–water partition coefficient (Wildman–Crippen LogP) is 4.03. The Balaban J connectivity index is 1.64. The summed E-state index contributed by atoms with van der Waals surface area (Å²) >= 11 is 12.0. The number of aromatic nitrogens is 2. The van der Waals surface area contributed by atoms with Crippen LogP contribution in [0.4, 0.5) is 0 Å². The number of amides is 1. The van der Waals surface area contributed by atoms with Gasteiger partial charge in [0.15, 0.2) is 0 Å². The standard InChI is InChI=1S/C16H17Cl2N3O2/c17-11-7-6-10(13(18)9-11)8-14-20-21-16(23-14)15(22)19-12-4-2-1-3-5-12/h6-7,9,12H,1-5,8H2,(H,19,22). The predicted molar refractivity (Wildman–Crippen MR) is 87.9 cm³/mol. The van der Waals surface area contributed by atoms with E-state index in [0.717, 1.165) is 31.2 Å². The highest BCUT2D eigenvalue weighted by Gasteiger charge is 2.21. The molecular formula is C16H17Cl2N3O2. The van der Waals surface area contributed by atoms with Crippen LogP contribution in [-0.2, 0) is 6.42 Å². The summed E-state index contributed by atoms with van der Waals surface area (Å²) in [6, 6.07) is 5.41. The van der Waals surface area contributed by atoms with Crippen molar-refractivity contribution in [3.63, 3.8) is 0 Å². The smallest absolute Gasteiger partial charge is 0.309 e. The van der Waals surface area contributed by atoms with E-state index < -0.39 is 0 Å². The molecule has 0 saturated heterocycles. The van der Waals surface area contributed by atoms with Gasteiger partial charge in [-0.15, -0.1) is 10.2 Å². The van der Waals surface area contributed by atoms with Crippen LogP contribution in [0.5, 0.6) is 0 Å². The quantitative estimate of drug-likeness (QED) is 0.900. The molecule has 0 bridgehead atoms. The van der Waals surface area contributed by atoms with Gasteiger partial charge in [-0.05, 0) is 30.5 Å². The molecule has 1 heterocycles. The highest BCUT2D eigenvalue weighted by Crippen LogP contribution is 2.23. The zero-order valence-electron chi connectivity index (χ0n) is 12.5. The summed E-state index contributed by atoms with van der Waals surface area (Å²) in [7, 11) is 0. The first-order chi connectivity index (χ1) is 11.1. The topological polar surface area (TPSA) is 68.0 Å². The van der Waals surface area contributed by atoms with Gasteiger partial charge in [-0.1, -0.05) is 48.5 Å². The minimum absolute atomic E-state index is 0.00402. The van der Waals surface area contributed by atoms with Gasteiger partial charge in [-0.25, -0.2) is 0 Å². The van der Waals surface area contributed by atoms with E-state index in [1.54, 1.807) is 18.2 Å². The minimum atomic E-state index is -0.308. The molecule has 0 aliphatic heterocycles. The Labute approximate surface area is 144 Å². The Morgan fingerprint density at radius 3 is 2.74 bits per heavy atom. The Hall–Kier alpha value is -1.59. The van der Waals surface area contributed by atoms with E-state index in [-0.39, 0.29) is 17.8 Å². The zero-order valence-corrected chi connectivity index (χ0v) is 14.0. The normalized spacial score (nSPS) is 15.6. The van der Waals surface area contributed by atoms with E-state index in [0.29, 0.717) is 22.4 Å². The molecule has 0 radical (unpaired) electrons. The maximum absolute atomic E-state index is 12.1. The van der Waals surface area contributed by atoms with Gasteiger partial charge in [0, 0.05) is 16.1 Å². The second-order valence-electron chi connectivity index (χ2n) is 5.72. The van der Waals surface area contributed by atoms with E-state index >= 15 is 0 Å². The summed E-state index contributed by atoms with van der Waals surface area (Å²) in [5.74, 6) is 0.0385. The van der Waals surface area contributed by atoms with E-state index in [2.05, 4.69) is 15.5 Å². The van der Waals surface area contributed by atoms with Crippen molar-refractivity contribution < 1.29 is 9.21 Å². The minimum Gasteiger partial charge on any atom is -0.417 e. The van der Waals surface area contributed by atoms with Crippen LogP contribution in [-0.4, -0.2) is 22.1 Å². The summed E-state index contributed by atoms with van der Waals surface area (Å²) in [5, 5.41) is 11.8. The summed E-state index contributed by atoms with van der Waals surface area (Å²) < 4.78 is 5.45. The number of halogens is 2. The third-order valence-corrected chi connectivity index (χ3v) is 4.55. The number of carbonyl (C=O) groups is 1. The van der Waals surface area contributed by atoms with Crippen molar-refractivity contribution in [3.8, 4) is 0 Å². The largest absolute Gasteiger partial charge is 0.417 e. The number of nitrogens with one attached hydrogen (secondary N) is 1. The van der Waals surface area contributed by atoms with Crippen molar-refractivity contribution in [2.45, 2.75) is 44.6 Å². The molecule has 1 N–H and O–H groups in total. The van der Waals surface area contributed by atoms with Gasteiger partial charge in [-0.2, -0.15) is 0 Å². The molecule has 3 rings (SSSR count). The summed E-state index contributed by atoms with van der Waals surface area (Å²) in [6.07, 6.45) is 5.91. The van der Waals surface area contributed by atoms with Gasteiger partial charge >= 0.3 is 11.8 Å². The highest BCUT2D eigenvalue weighted by molar-refractivity contribution is 6.35. The monoisotopic (exact) mass is 353 g/mol. The third-order valence-electron chi connectivity index (χ3n) is 3.96. The first-order valence-corrected chi connectivity index (χ1v) is 8.44. The molecule has 1 saturated carbocycles. The maximum atomic E-state index is 12.1. The van der Waals surface area contributed by atoms with Gasteiger partial charge < -0.3 is 9.73 Å². The zero-order chi connectivity index (χ0) is 16.2. The van der Waals surface area contributed by atoms with E-state index in [9.17, 15) is 4.79 Å². The molecule has 1 aromatic heterocycles. The Bertz CT molecular complexity index is 696. The van der Waals surface area contributed by atoms with Gasteiger partial charge in [0.2, 0.25) is 5.89 Å². The van der Waals surface area contributed by atoms with Gasteiger partial charge in [0.05, 0.1) is 6.42 Å². The molecule has 7 heteroatoms. The Morgan fingerprint density at radius 1 is 1.22 bits per heavy atom. The highest BCUT2D eigenvalue weighted by atomic mass is 35.5. The van der Waals surface area contributed by atoms with Crippen LogP contribution in [0.2, 0.25) is 10.0 Å². The molecule has 1 aromatic carbocycles. The molecule has 0 atom stereocenters. The molecule has 5 nitrogen and oxygen atoms in total. The lowest BCUT2D eigenvalue weighted by atomic mass is 9.95. The summed E-state index contributed by atoms with van der Waals surface area (Å²) in [6.45, 7) is 0. The second-order valence-corrected chi connectivity index (χ2v) is 6.57. The first-order valence-electron chi connectivity index (χ1n) is 7.69. The van der Waals surface area contributed by atoms with Crippen molar-refractivity contribution in [2.75, 3.05) is 0 Å². The molecular weight excluding hydrogens is 337 g/mol. The average Bonchev–Trinajstić information content (AvgIpc) is 3.00. The Morgan fingerprint density at radius 2 is 2.00 bits per heavy atom. The molecule has 2 aromatic rings. The molecule has 23 heavy (non-hydrogen) atoms. The molecule has 1 fully saturated rings. The van der Waals surface area contributed by atoms with Crippen LogP contribution >= 0.6 is 23.2 Å². The van der Waals surface area contributed by atoms with Crippen molar-refractivity contribution in [1.82, 2.24) is 15.5 Å². The average molecular weight is 354 g/mol. The van der Waals surface area contributed by atoms with Gasteiger partial charge in [-0.3, -0.25) is 4.79 Å². The van der Waals surface area contributed by atoms with Crippen molar-refractivity contribution in [2.24, 2.45) is 0 Å². The number of hydrogen-bond donors (Lipinski definition) is 1. The van der Waals surface area contributed by atoms with Crippen molar-refractivity contribution in [3.05, 3.63) is 45.6 Å². The van der Waals surface area contributed by atoms with Gasteiger partial charge in [0.25, 0.3) is 0 Å². The SMILES string of the molecule is O=C(NC1CCCCC1)c1nnc(Cc2ccc(Cl)cc2Cl)o1. The van der Waals surface area contributed by atoms with Gasteiger partial charge in [0.1, 0.15) is 0 Å². The molecule has 0 spiro atoms. The fourth-order valence-corrected chi connectivity index (χ4v) is 3.21. The lowest BCUT2D eigenvalue weighted by Crippen LogP contribution is -2.36. The lowest BCUT2D eigenvalue weighted by Gasteiger charge is -2.21. The second kappa shape index (κ2) is 7.32. The molecule has 1 aliphatic carbocycles. The van der Waals surface area contributed by atoms with Crippen molar-refractivity contribution in [1.29, 1.82) is 0 Å². The fraction of sp³-hybridized carbons (Fsp3) is 0.438. The summed E-state index contributed by atoms with van der Waals surface area (Å²) in [4.78, 5) is 12.1. The van der Waals surface area contributed by atoms with Crippen LogP contribution in [0.25, 0.3) is 0 Å². The first kappa shape index (κ1) is 16.3. The number of rotatable bonds is 4. The summed E-state index contributed by atoms with van der Waals surface area (Å²) in [5.41, 5.74) is 0.818. The number of nitrogens with zero attached hydrogens (tertiary/aromatic N) is 2. The van der Waals surface area contributed by atoms with Crippen LogP contribution < -0.4 is 5.32 Å². The van der Waals surface area contributed by atoms with Crippen LogP contribution in [0.1, 0.15) is 54.2 Å². The number of carbonyl (C=O) groups excluding carboxylic acids is 1. The van der Waals surface area contributed by atoms with E-state index in [1.165, 1.54) is 6.42 Å². The third kappa shape index (κ3) is 4.24. The van der Waals surface area contributed by atoms with Crippen molar-refractivity contribution >= 4 is 29.1 Å². The molecule has 122 valence electrons. The maximum Gasteiger partial charge on any atom is 0.309 e. The van der Waals surface area contributed by atoms with Crippen LogP contribution in [0, 0.1) is 0 Å². The van der Waals surface area contributed by atoms with E-state index in [1.807, 2.05) is 0 Å². The lowest BCUT2D eigenvalue weighted by molar-refractivity contribution is 0.0891. The number of benzene rings is 1. The molecule has 0 unspecified atom stereocenters. The molecule has 1 amide bonds. The number of hydrogen-bond acceptors (Lipinski definition) is 4. The van der Waals surface area contributed by atoms with Crippen LogP contribution in [0.15, 0.2) is 22.6 Å². The molecule has 1 aliphatic rings. The van der Waals surface area contributed by atoms with E-state index in [4.69, 9.17) is 27.6 Å². The Kier molecular flexibility index (Phi) is 5.18. The van der Waals surface area contributed by atoms with Crippen LogP contribution in [0.3, 0.4) is 0 Å².